The van der Waals surface area contributed by atoms with Crippen LogP contribution in [0.5, 0.6) is 0 Å². The summed E-state index contributed by atoms with van der Waals surface area (Å²) in [4.78, 5) is 15.0. The van der Waals surface area contributed by atoms with Crippen molar-refractivity contribution in [2.45, 2.75) is 52.2 Å². The normalized spacial score (nSPS) is 16.4. The Morgan fingerprint density at radius 2 is 2.00 bits per heavy atom. The summed E-state index contributed by atoms with van der Waals surface area (Å²) in [7, 11) is 0. The highest BCUT2D eigenvalue weighted by Crippen LogP contribution is 2.17. The third kappa shape index (κ3) is 6.19. The summed E-state index contributed by atoms with van der Waals surface area (Å²) in [5.74, 6) is 6.12. The van der Waals surface area contributed by atoms with Gasteiger partial charge in [-0.1, -0.05) is 31.8 Å². The fourth-order valence-electron chi connectivity index (χ4n) is 3.12. The quantitative estimate of drug-likeness (QED) is 0.809. The van der Waals surface area contributed by atoms with Gasteiger partial charge in [0.15, 0.2) is 0 Å². The lowest BCUT2D eigenvalue weighted by Crippen LogP contribution is -2.45. The lowest BCUT2D eigenvalue weighted by atomic mass is 10.0. The molecule has 4 heteroatoms. The third-order valence-corrected chi connectivity index (χ3v) is 4.49. The second-order valence-corrected chi connectivity index (χ2v) is 7.65. The van der Waals surface area contributed by atoms with Crippen molar-refractivity contribution in [3.05, 3.63) is 35.4 Å². The van der Waals surface area contributed by atoms with Crippen molar-refractivity contribution in [1.82, 2.24) is 10.2 Å². The van der Waals surface area contributed by atoms with E-state index in [4.69, 9.17) is 0 Å². The van der Waals surface area contributed by atoms with Crippen LogP contribution in [-0.2, 0) is 0 Å². The molecule has 0 saturated carbocycles. The zero-order chi connectivity index (χ0) is 18.4. The van der Waals surface area contributed by atoms with Crippen molar-refractivity contribution in [1.29, 1.82) is 0 Å². The molecule has 2 rings (SSSR count). The SMILES string of the molecule is CC(C)C(CNC(=O)c1cccc(C#CC(C)(C)O)c1)N1CCCC1. The van der Waals surface area contributed by atoms with E-state index in [9.17, 15) is 9.90 Å². The van der Waals surface area contributed by atoms with Gasteiger partial charge in [-0.2, -0.15) is 0 Å². The molecule has 1 aromatic rings. The number of carbonyl (C=O) groups is 1. The molecular weight excluding hydrogens is 312 g/mol. The number of nitrogens with zero attached hydrogens (tertiary/aromatic N) is 1. The molecule has 1 aliphatic heterocycles. The van der Waals surface area contributed by atoms with Crippen LogP contribution in [0.25, 0.3) is 0 Å². The Morgan fingerprint density at radius 1 is 1.32 bits per heavy atom. The highest BCUT2D eigenvalue weighted by molar-refractivity contribution is 5.94. The van der Waals surface area contributed by atoms with Gasteiger partial charge in [0.05, 0.1) is 0 Å². The smallest absolute Gasteiger partial charge is 0.251 e. The van der Waals surface area contributed by atoms with E-state index in [0.29, 0.717) is 24.1 Å². The van der Waals surface area contributed by atoms with E-state index < -0.39 is 5.60 Å². The summed E-state index contributed by atoms with van der Waals surface area (Å²) in [5.41, 5.74) is 0.291. The molecule has 0 radical (unpaired) electrons. The lowest BCUT2D eigenvalue weighted by molar-refractivity contribution is 0.0927. The van der Waals surface area contributed by atoms with Gasteiger partial charge in [0.1, 0.15) is 5.60 Å². The molecule has 1 heterocycles. The Balaban J connectivity index is 2.01. The van der Waals surface area contributed by atoms with Crippen molar-refractivity contribution in [2.24, 2.45) is 5.92 Å². The molecule has 0 bridgehead atoms. The van der Waals surface area contributed by atoms with E-state index in [1.807, 2.05) is 12.1 Å². The van der Waals surface area contributed by atoms with Gasteiger partial charge in [-0.25, -0.2) is 0 Å². The van der Waals surface area contributed by atoms with Gasteiger partial charge in [0.25, 0.3) is 5.91 Å². The number of amides is 1. The van der Waals surface area contributed by atoms with Crippen LogP contribution in [0.2, 0.25) is 0 Å². The zero-order valence-corrected chi connectivity index (χ0v) is 15.8. The minimum Gasteiger partial charge on any atom is -0.378 e. The van der Waals surface area contributed by atoms with Crippen molar-refractivity contribution in [3.8, 4) is 11.8 Å². The van der Waals surface area contributed by atoms with Crippen molar-refractivity contribution >= 4 is 5.91 Å². The average Bonchev–Trinajstić information content (AvgIpc) is 3.06. The number of aliphatic hydroxyl groups is 1. The molecule has 0 spiro atoms. The van der Waals surface area contributed by atoms with Crippen LogP contribution < -0.4 is 5.32 Å². The van der Waals surface area contributed by atoms with E-state index in [1.54, 1.807) is 26.0 Å². The highest BCUT2D eigenvalue weighted by atomic mass is 16.3. The molecule has 1 unspecified atom stereocenters. The predicted octanol–water partition coefficient (Wildman–Crippen LogP) is 2.66. The summed E-state index contributed by atoms with van der Waals surface area (Å²) >= 11 is 0. The van der Waals surface area contributed by atoms with Gasteiger partial charge < -0.3 is 10.4 Å². The second kappa shape index (κ2) is 8.51. The van der Waals surface area contributed by atoms with Crippen LogP contribution in [-0.4, -0.2) is 47.2 Å². The first kappa shape index (κ1) is 19.5. The standard InChI is InChI=1S/C21H30N2O2/c1-16(2)19(23-12-5-6-13-23)15-22-20(24)18-9-7-8-17(14-18)10-11-21(3,4)25/h7-9,14,16,19,25H,5-6,12-13,15H2,1-4H3,(H,22,24). The maximum absolute atomic E-state index is 12.5. The Morgan fingerprint density at radius 3 is 2.60 bits per heavy atom. The number of benzene rings is 1. The number of rotatable bonds is 5. The molecule has 0 aromatic heterocycles. The molecule has 1 atom stereocenters. The second-order valence-electron chi connectivity index (χ2n) is 7.65. The average molecular weight is 342 g/mol. The third-order valence-electron chi connectivity index (χ3n) is 4.49. The summed E-state index contributed by atoms with van der Waals surface area (Å²) < 4.78 is 0. The molecule has 4 nitrogen and oxygen atoms in total. The predicted molar refractivity (Wildman–Crippen MR) is 101 cm³/mol. The summed E-state index contributed by atoms with van der Waals surface area (Å²) in [6.45, 7) is 10.6. The topological polar surface area (TPSA) is 52.6 Å². The first-order valence-corrected chi connectivity index (χ1v) is 9.14. The number of hydrogen-bond donors (Lipinski definition) is 2. The molecule has 1 aromatic carbocycles. The van der Waals surface area contributed by atoms with Crippen molar-refractivity contribution < 1.29 is 9.90 Å². The van der Waals surface area contributed by atoms with Gasteiger partial charge in [-0.15, -0.1) is 0 Å². The largest absolute Gasteiger partial charge is 0.378 e. The maximum Gasteiger partial charge on any atom is 0.251 e. The Bertz CT molecular complexity index is 644. The monoisotopic (exact) mass is 342 g/mol. The first-order chi connectivity index (χ1) is 11.8. The summed E-state index contributed by atoms with van der Waals surface area (Å²) in [5, 5.41) is 12.8. The Kier molecular flexibility index (Phi) is 6.64. The number of carbonyl (C=O) groups excluding carboxylic acids is 1. The van der Waals surface area contributed by atoms with Crippen LogP contribution in [0.15, 0.2) is 24.3 Å². The van der Waals surface area contributed by atoms with Crippen LogP contribution in [0, 0.1) is 17.8 Å². The van der Waals surface area contributed by atoms with Crippen molar-refractivity contribution in [2.75, 3.05) is 19.6 Å². The van der Waals surface area contributed by atoms with Crippen molar-refractivity contribution in [3.63, 3.8) is 0 Å². The highest BCUT2D eigenvalue weighted by Gasteiger charge is 2.25. The van der Waals surface area contributed by atoms with Crippen LogP contribution in [0.3, 0.4) is 0 Å². The summed E-state index contributed by atoms with van der Waals surface area (Å²) in [6, 6.07) is 7.61. The van der Waals surface area contributed by atoms with Gasteiger partial charge in [-0.05, 0) is 63.9 Å². The van der Waals surface area contributed by atoms with E-state index in [0.717, 1.165) is 18.7 Å². The van der Waals surface area contributed by atoms with Gasteiger partial charge in [0.2, 0.25) is 0 Å². The number of nitrogens with one attached hydrogen (secondary N) is 1. The van der Waals surface area contributed by atoms with Crippen LogP contribution in [0.4, 0.5) is 0 Å². The van der Waals surface area contributed by atoms with E-state index in [-0.39, 0.29) is 5.91 Å². The molecule has 1 fully saturated rings. The fourth-order valence-corrected chi connectivity index (χ4v) is 3.12. The molecule has 1 amide bonds. The molecule has 1 aliphatic rings. The number of likely N-dealkylation sites (tertiary alicyclic amines) is 1. The van der Waals surface area contributed by atoms with Gasteiger partial charge in [-0.3, -0.25) is 9.69 Å². The molecule has 136 valence electrons. The molecule has 0 aliphatic carbocycles. The molecule has 2 N–H and O–H groups in total. The van der Waals surface area contributed by atoms with Crippen LogP contribution in [0.1, 0.15) is 56.5 Å². The zero-order valence-electron chi connectivity index (χ0n) is 15.8. The molecule has 25 heavy (non-hydrogen) atoms. The van der Waals surface area contributed by atoms with E-state index in [1.165, 1.54) is 12.8 Å². The maximum atomic E-state index is 12.5. The Hall–Kier alpha value is -1.83. The van der Waals surface area contributed by atoms with E-state index in [2.05, 4.69) is 35.9 Å². The fraction of sp³-hybridized carbons (Fsp3) is 0.571. The summed E-state index contributed by atoms with van der Waals surface area (Å²) in [6.07, 6.45) is 2.50. The number of hydrogen-bond acceptors (Lipinski definition) is 3. The minimum absolute atomic E-state index is 0.0724. The Labute approximate surface area is 151 Å². The van der Waals surface area contributed by atoms with Gasteiger partial charge in [0, 0.05) is 23.7 Å². The lowest BCUT2D eigenvalue weighted by Gasteiger charge is -2.31. The first-order valence-electron chi connectivity index (χ1n) is 9.14. The van der Waals surface area contributed by atoms with Crippen LogP contribution >= 0.6 is 0 Å². The molecular formula is C21H30N2O2. The van der Waals surface area contributed by atoms with E-state index >= 15 is 0 Å². The molecule has 1 saturated heterocycles. The minimum atomic E-state index is -1.04. The van der Waals surface area contributed by atoms with Gasteiger partial charge >= 0.3 is 0 Å².